The first-order chi connectivity index (χ1) is 18.3. The second kappa shape index (κ2) is 12.9. The van der Waals surface area contributed by atoms with Crippen molar-refractivity contribution in [3.8, 4) is 0 Å². The minimum atomic E-state index is -0.375. The Kier molecular flexibility index (Phi) is 9.57. The molecule has 202 valence electrons. The molecule has 1 fully saturated rings. The molecule has 1 N–H and O–H groups in total. The van der Waals surface area contributed by atoms with Crippen LogP contribution in [0.2, 0.25) is 10.0 Å². The van der Waals surface area contributed by atoms with E-state index in [1.54, 1.807) is 18.2 Å². The number of thioether (sulfide) groups is 1. The topological polar surface area (TPSA) is 83.4 Å². The fourth-order valence-corrected chi connectivity index (χ4v) is 5.61. The Bertz CT molecular complexity index is 1260. The van der Waals surface area contributed by atoms with Crippen LogP contribution in [-0.4, -0.2) is 63.4 Å². The molecule has 11 heteroatoms. The van der Waals surface area contributed by atoms with Crippen LogP contribution in [0.1, 0.15) is 43.0 Å². The molecule has 1 atom stereocenters. The molecule has 0 radical (unpaired) electrons. The molecule has 38 heavy (non-hydrogen) atoms. The molecule has 0 saturated carbocycles. The van der Waals surface area contributed by atoms with Crippen molar-refractivity contribution in [2.45, 2.75) is 38.5 Å². The number of carbonyl (C=O) groups is 2. The number of piperazine rings is 1. The van der Waals surface area contributed by atoms with Crippen LogP contribution in [0.4, 0.5) is 5.69 Å². The second-order valence-corrected chi connectivity index (χ2v) is 11.2. The molecule has 0 aliphatic carbocycles. The lowest BCUT2D eigenvalue weighted by Crippen LogP contribution is -2.49. The van der Waals surface area contributed by atoms with Crippen molar-refractivity contribution >= 4 is 52.5 Å². The molecule has 0 spiro atoms. The van der Waals surface area contributed by atoms with Crippen LogP contribution in [0.15, 0.2) is 53.7 Å². The normalized spacial score (nSPS) is 14.6. The number of nitrogens with one attached hydrogen (secondary N) is 1. The second-order valence-electron chi connectivity index (χ2n) is 9.40. The predicted octanol–water partition coefficient (Wildman–Crippen LogP) is 5.17. The molecule has 1 saturated heterocycles. The van der Waals surface area contributed by atoms with Gasteiger partial charge in [-0.3, -0.25) is 9.59 Å². The van der Waals surface area contributed by atoms with Crippen molar-refractivity contribution in [2.24, 2.45) is 5.92 Å². The van der Waals surface area contributed by atoms with Gasteiger partial charge in [0.05, 0.1) is 21.8 Å². The number of hydrogen-bond donors (Lipinski definition) is 1. The van der Waals surface area contributed by atoms with E-state index in [2.05, 4.69) is 32.5 Å². The van der Waals surface area contributed by atoms with Crippen molar-refractivity contribution < 1.29 is 9.59 Å². The monoisotopic (exact) mass is 574 g/mol. The Morgan fingerprint density at radius 1 is 1.00 bits per heavy atom. The van der Waals surface area contributed by atoms with Crippen LogP contribution in [0.25, 0.3) is 0 Å². The molecule has 1 aliphatic heterocycles. The summed E-state index contributed by atoms with van der Waals surface area (Å²) in [6, 6.07) is 14.7. The molecule has 2 aromatic carbocycles. The molecule has 2 heterocycles. The number of aromatic nitrogens is 3. The first kappa shape index (κ1) is 28.3. The van der Waals surface area contributed by atoms with Crippen molar-refractivity contribution in [3.63, 3.8) is 0 Å². The van der Waals surface area contributed by atoms with Gasteiger partial charge in [0.15, 0.2) is 11.0 Å². The van der Waals surface area contributed by atoms with E-state index >= 15 is 0 Å². The van der Waals surface area contributed by atoms with E-state index in [-0.39, 0.29) is 29.5 Å². The highest BCUT2D eigenvalue weighted by molar-refractivity contribution is 7.99. The fourth-order valence-electron chi connectivity index (χ4n) is 4.40. The number of para-hydroxylation sites is 1. The van der Waals surface area contributed by atoms with E-state index in [9.17, 15) is 9.59 Å². The first-order valence-electron chi connectivity index (χ1n) is 12.7. The van der Waals surface area contributed by atoms with Gasteiger partial charge in [-0.15, -0.1) is 10.2 Å². The zero-order valence-electron chi connectivity index (χ0n) is 21.7. The largest absolute Gasteiger partial charge is 0.368 e. The summed E-state index contributed by atoms with van der Waals surface area (Å²) in [6.45, 7) is 9.64. The molecule has 2 amide bonds. The summed E-state index contributed by atoms with van der Waals surface area (Å²) in [5, 5.41) is 13.2. The van der Waals surface area contributed by atoms with Crippen LogP contribution in [-0.2, 0) is 11.3 Å². The molecular formula is C27H32Cl2N6O2S. The van der Waals surface area contributed by atoms with E-state index in [1.807, 2.05) is 48.4 Å². The first-order valence-corrected chi connectivity index (χ1v) is 14.4. The van der Waals surface area contributed by atoms with Crippen molar-refractivity contribution in [1.82, 2.24) is 25.0 Å². The SMILES string of the molecule is CCn1c(SCC(=O)N2CCN(c3ccccc3)CC2)nnc1[C@@H](NC(=O)c1ccc(Cl)c(Cl)c1)C(C)C. The molecule has 0 unspecified atom stereocenters. The minimum Gasteiger partial charge on any atom is -0.368 e. The number of hydrogen-bond acceptors (Lipinski definition) is 6. The van der Waals surface area contributed by atoms with Crippen molar-refractivity contribution in [3.05, 3.63) is 70.0 Å². The number of amides is 2. The van der Waals surface area contributed by atoms with Gasteiger partial charge in [0, 0.05) is 44.0 Å². The number of rotatable bonds is 9. The zero-order chi connectivity index (χ0) is 27.2. The minimum absolute atomic E-state index is 0.0524. The highest BCUT2D eigenvalue weighted by atomic mass is 35.5. The number of benzene rings is 2. The third-order valence-corrected chi connectivity index (χ3v) is 8.24. The highest BCUT2D eigenvalue weighted by Crippen LogP contribution is 2.27. The van der Waals surface area contributed by atoms with Crippen LogP contribution in [0.3, 0.4) is 0 Å². The lowest BCUT2D eigenvalue weighted by molar-refractivity contribution is -0.128. The van der Waals surface area contributed by atoms with E-state index in [1.165, 1.54) is 17.4 Å². The molecule has 4 rings (SSSR count). The Morgan fingerprint density at radius 2 is 1.71 bits per heavy atom. The Hall–Kier alpha value is -2.75. The average Bonchev–Trinajstić information content (AvgIpc) is 3.34. The van der Waals surface area contributed by atoms with Crippen LogP contribution < -0.4 is 10.2 Å². The lowest BCUT2D eigenvalue weighted by Gasteiger charge is -2.36. The maximum Gasteiger partial charge on any atom is 0.251 e. The van der Waals surface area contributed by atoms with E-state index in [0.29, 0.717) is 46.2 Å². The number of halogens is 2. The van der Waals surface area contributed by atoms with Gasteiger partial charge >= 0.3 is 0 Å². The summed E-state index contributed by atoms with van der Waals surface area (Å²) in [7, 11) is 0. The van der Waals surface area contributed by atoms with Crippen LogP contribution in [0, 0.1) is 5.92 Å². The average molecular weight is 576 g/mol. The fraction of sp³-hybridized carbons (Fsp3) is 0.407. The predicted molar refractivity (Wildman–Crippen MR) is 153 cm³/mol. The molecule has 1 aromatic heterocycles. The third kappa shape index (κ3) is 6.62. The van der Waals surface area contributed by atoms with Gasteiger partial charge in [-0.2, -0.15) is 0 Å². The maximum atomic E-state index is 13.0. The lowest BCUT2D eigenvalue weighted by atomic mass is 10.0. The standard InChI is InChI=1S/C27H32Cl2N6O2S/c1-4-35-25(24(18(2)3)30-26(37)19-10-11-21(28)22(29)16-19)31-32-27(35)38-17-23(36)34-14-12-33(13-15-34)20-8-6-5-7-9-20/h5-11,16,18,24H,4,12-15,17H2,1-3H3,(H,30,37)/t24-/m0/s1. The van der Waals surface area contributed by atoms with E-state index in [0.717, 1.165) is 13.1 Å². The smallest absolute Gasteiger partial charge is 0.251 e. The summed E-state index contributed by atoms with van der Waals surface area (Å²) in [5.41, 5.74) is 1.60. The summed E-state index contributed by atoms with van der Waals surface area (Å²) >= 11 is 13.5. The summed E-state index contributed by atoms with van der Waals surface area (Å²) in [4.78, 5) is 30.2. The Balaban J connectivity index is 1.38. The van der Waals surface area contributed by atoms with Gasteiger partial charge < -0.3 is 19.7 Å². The van der Waals surface area contributed by atoms with Gasteiger partial charge in [0.2, 0.25) is 5.91 Å². The number of carbonyl (C=O) groups excluding carboxylic acids is 2. The van der Waals surface area contributed by atoms with Gasteiger partial charge in [-0.05, 0) is 43.2 Å². The van der Waals surface area contributed by atoms with Crippen molar-refractivity contribution in [2.75, 3.05) is 36.8 Å². The van der Waals surface area contributed by atoms with Gasteiger partial charge in [-0.1, -0.05) is 67.0 Å². The molecule has 3 aromatic rings. The van der Waals surface area contributed by atoms with Gasteiger partial charge in [0.1, 0.15) is 0 Å². The molecule has 1 aliphatic rings. The highest BCUT2D eigenvalue weighted by Gasteiger charge is 2.27. The molecule has 0 bridgehead atoms. The summed E-state index contributed by atoms with van der Waals surface area (Å²) < 4.78 is 1.96. The van der Waals surface area contributed by atoms with Crippen molar-refractivity contribution in [1.29, 1.82) is 0 Å². The van der Waals surface area contributed by atoms with E-state index < -0.39 is 0 Å². The van der Waals surface area contributed by atoms with Crippen LogP contribution >= 0.6 is 35.0 Å². The molecular weight excluding hydrogens is 543 g/mol. The van der Waals surface area contributed by atoms with Gasteiger partial charge in [-0.25, -0.2) is 0 Å². The summed E-state index contributed by atoms with van der Waals surface area (Å²) in [6.07, 6.45) is 0. The molecule has 8 nitrogen and oxygen atoms in total. The Morgan fingerprint density at radius 3 is 2.34 bits per heavy atom. The van der Waals surface area contributed by atoms with Crippen LogP contribution in [0.5, 0.6) is 0 Å². The maximum absolute atomic E-state index is 13.0. The Labute approximate surface area is 237 Å². The quantitative estimate of drug-likeness (QED) is 0.355. The number of anilines is 1. The number of nitrogens with zero attached hydrogens (tertiary/aromatic N) is 5. The zero-order valence-corrected chi connectivity index (χ0v) is 24.1. The summed E-state index contributed by atoms with van der Waals surface area (Å²) in [5.74, 6) is 0.806. The van der Waals surface area contributed by atoms with E-state index in [4.69, 9.17) is 23.2 Å². The third-order valence-electron chi connectivity index (χ3n) is 6.55. The van der Waals surface area contributed by atoms with Gasteiger partial charge in [0.25, 0.3) is 5.91 Å².